The highest BCUT2D eigenvalue weighted by molar-refractivity contribution is 7.91. The van der Waals surface area contributed by atoms with Crippen LogP contribution in [-0.2, 0) is 14.9 Å². The third kappa shape index (κ3) is 5.51. The molecule has 0 spiro atoms. The second-order valence-corrected chi connectivity index (χ2v) is 11.0. The maximum Gasteiger partial charge on any atom is 0.224 e. The van der Waals surface area contributed by atoms with Gasteiger partial charge in [-0.1, -0.05) is 40.0 Å². The van der Waals surface area contributed by atoms with Crippen molar-refractivity contribution < 1.29 is 9.00 Å². The molecule has 7 nitrogen and oxygen atoms in total. The molecule has 1 aromatic carbocycles. The molecule has 0 aliphatic heterocycles. The summed E-state index contributed by atoms with van der Waals surface area (Å²) in [4.78, 5) is 15.3. The van der Waals surface area contributed by atoms with E-state index in [-0.39, 0.29) is 17.4 Å². The number of hydrogen-bond acceptors (Lipinski definition) is 3. The molecule has 29 heavy (non-hydrogen) atoms. The van der Waals surface area contributed by atoms with Gasteiger partial charge in [0.25, 0.3) is 0 Å². The van der Waals surface area contributed by atoms with Crippen LogP contribution in [0.2, 0.25) is 0 Å². The predicted molar refractivity (Wildman–Crippen MR) is 120 cm³/mol. The number of benzene rings is 1. The molecule has 1 unspecified atom stereocenters. The summed E-state index contributed by atoms with van der Waals surface area (Å²) in [6, 6.07) is 5.74. The number of rotatable bonds is 6. The monoisotopic (exact) mass is 419 g/mol. The summed E-state index contributed by atoms with van der Waals surface area (Å²) in [5.41, 5.74) is 2.09. The highest BCUT2D eigenvalue weighted by Gasteiger charge is 2.25. The molecule has 8 heteroatoms. The first-order valence-corrected chi connectivity index (χ1v) is 11.8. The Balaban J connectivity index is 1.73. The van der Waals surface area contributed by atoms with E-state index >= 15 is 0 Å². The van der Waals surface area contributed by atoms with E-state index < -0.39 is 10.1 Å². The van der Waals surface area contributed by atoms with E-state index in [0.717, 1.165) is 36.6 Å². The van der Waals surface area contributed by atoms with Crippen LogP contribution in [0, 0.1) is 10.2 Å². The van der Waals surface area contributed by atoms with Gasteiger partial charge in [0.1, 0.15) is 0 Å². The van der Waals surface area contributed by atoms with Crippen molar-refractivity contribution in [1.29, 1.82) is 4.78 Å². The Bertz CT molecular complexity index is 969. The Morgan fingerprint density at radius 3 is 2.62 bits per heavy atom. The highest BCUT2D eigenvalue weighted by atomic mass is 32.2. The SMILES string of the molecule is CN(C1CCCCC1)S(=N)(=O)Nc1c[nH]c2cc(NC(=O)CC(C)(C)C)ccc12. The summed E-state index contributed by atoms with van der Waals surface area (Å²) in [5, 5.41) is 3.77. The molecule has 1 saturated carbocycles. The third-order valence-corrected chi connectivity index (χ3v) is 7.01. The molecule has 4 N–H and O–H groups in total. The molecule has 3 rings (SSSR count). The van der Waals surface area contributed by atoms with Gasteiger partial charge in [0, 0.05) is 42.3 Å². The number of carbonyl (C=O) groups is 1. The van der Waals surface area contributed by atoms with Gasteiger partial charge in [0.2, 0.25) is 5.91 Å². The van der Waals surface area contributed by atoms with Crippen LogP contribution < -0.4 is 10.0 Å². The molecule has 1 aromatic heterocycles. The number of nitrogens with zero attached hydrogens (tertiary/aromatic N) is 1. The number of fused-ring (bicyclic) bond motifs is 1. The Morgan fingerprint density at radius 1 is 1.28 bits per heavy atom. The molecule has 0 bridgehead atoms. The molecule has 1 fully saturated rings. The van der Waals surface area contributed by atoms with Gasteiger partial charge >= 0.3 is 0 Å². The van der Waals surface area contributed by atoms with Crippen molar-refractivity contribution in [3.63, 3.8) is 0 Å². The van der Waals surface area contributed by atoms with E-state index in [9.17, 15) is 9.00 Å². The molecule has 1 atom stereocenters. The zero-order valence-electron chi connectivity index (χ0n) is 17.8. The number of carbonyl (C=O) groups excluding carboxylic acids is 1. The van der Waals surface area contributed by atoms with Crippen molar-refractivity contribution in [2.75, 3.05) is 17.1 Å². The third-order valence-electron chi connectivity index (χ3n) is 5.40. The molecule has 0 saturated heterocycles. The summed E-state index contributed by atoms with van der Waals surface area (Å²) in [6.07, 6.45) is 7.61. The first-order valence-electron chi connectivity index (χ1n) is 10.3. The lowest BCUT2D eigenvalue weighted by Crippen LogP contribution is -2.40. The molecule has 2 aromatic rings. The molecular formula is C21H33N5O2S. The number of aromatic nitrogens is 1. The van der Waals surface area contributed by atoms with Gasteiger partial charge in [-0.2, -0.15) is 0 Å². The topological polar surface area (TPSA) is 101 Å². The maximum atomic E-state index is 13.1. The minimum atomic E-state index is -3.13. The number of amides is 1. The van der Waals surface area contributed by atoms with Gasteiger partial charge in [-0.3, -0.25) is 9.52 Å². The fourth-order valence-corrected chi connectivity index (χ4v) is 5.09. The summed E-state index contributed by atoms with van der Waals surface area (Å²) < 4.78 is 26.1. The minimum absolute atomic E-state index is 0.0231. The van der Waals surface area contributed by atoms with Crippen LogP contribution in [0.5, 0.6) is 0 Å². The quantitative estimate of drug-likeness (QED) is 0.524. The van der Waals surface area contributed by atoms with Gasteiger partial charge in [-0.05, 0) is 36.5 Å². The lowest BCUT2D eigenvalue weighted by molar-refractivity contribution is -0.117. The fourth-order valence-electron chi connectivity index (χ4n) is 3.85. The maximum absolute atomic E-state index is 13.1. The molecule has 1 heterocycles. The number of nitrogens with one attached hydrogen (secondary N) is 4. The molecule has 0 radical (unpaired) electrons. The first kappa shape index (κ1) is 21.6. The number of aromatic amines is 1. The van der Waals surface area contributed by atoms with E-state index in [4.69, 9.17) is 4.78 Å². The standard InChI is InChI=1S/C21H33N5O2S/c1-21(2,3)13-20(27)24-15-10-11-17-18(12-15)23-14-19(17)25-29(22,28)26(4)16-8-6-5-7-9-16/h10-12,14,16,23H,5-9,13H2,1-4H3,(H,24,27)(H2,22,25,28). The fraction of sp³-hybridized carbons (Fsp3) is 0.571. The molecule has 160 valence electrons. The highest BCUT2D eigenvalue weighted by Crippen LogP contribution is 2.29. The lowest BCUT2D eigenvalue weighted by Gasteiger charge is -2.32. The predicted octanol–water partition coefficient (Wildman–Crippen LogP) is 5.10. The molecule has 1 aliphatic carbocycles. The number of anilines is 2. The molecule has 1 aliphatic rings. The number of hydrogen-bond donors (Lipinski definition) is 4. The van der Waals surface area contributed by atoms with Crippen molar-refractivity contribution in [2.24, 2.45) is 5.41 Å². The lowest BCUT2D eigenvalue weighted by atomic mass is 9.92. The van der Waals surface area contributed by atoms with Crippen molar-refractivity contribution >= 4 is 38.3 Å². The second-order valence-electron chi connectivity index (χ2n) is 9.21. The van der Waals surface area contributed by atoms with Gasteiger partial charge in [-0.25, -0.2) is 13.3 Å². The second kappa shape index (κ2) is 8.36. The van der Waals surface area contributed by atoms with E-state index in [1.165, 1.54) is 6.42 Å². The molecular weight excluding hydrogens is 386 g/mol. The van der Waals surface area contributed by atoms with E-state index in [0.29, 0.717) is 17.8 Å². The largest absolute Gasteiger partial charge is 0.359 e. The Morgan fingerprint density at radius 2 is 1.97 bits per heavy atom. The van der Waals surface area contributed by atoms with Crippen LogP contribution in [-0.4, -0.2) is 32.5 Å². The summed E-state index contributed by atoms with van der Waals surface area (Å²) in [7, 11) is -1.36. The van der Waals surface area contributed by atoms with Crippen molar-refractivity contribution in [3.8, 4) is 0 Å². The van der Waals surface area contributed by atoms with Crippen LogP contribution >= 0.6 is 0 Å². The molecule has 1 amide bonds. The van der Waals surface area contributed by atoms with Crippen LogP contribution in [0.25, 0.3) is 10.9 Å². The average molecular weight is 420 g/mol. The van der Waals surface area contributed by atoms with Crippen molar-refractivity contribution in [2.45, 2.75) is 65.3 Å². The zero-order valence-corrected chi connectivity index (χ0v) is 18.6. The van der Waals surface area contributed by atoms with Gasteiger partial charge in [0.15, 0.2) is 10.1 Å². The van der Waals surface area contributed by atoms with E-state index in [1.807, 2.05) is 39.0 Å². The van der Waals surface area contributed by atoms with Crippen LogP contribution in [0.3, 0.4) is 0 Å². The summed E-state index contributed by atoms with van der Waals surface area (Å²) >= 11 is 0. The zero-order chi connectivity index (χ0) is 21.2. The smallest absolute Gasteiger partial charge is 0.224 e. The van der Waals surface area contributed by atoms with Crippen LogP contribution in [0.4, 0.5) is 11.4 Å². The van der Waals surface area contributed by atoms with Crippen LogP contribution in [0.15, 0.2) is 24.4 Å². The van der Waals surface area contributed by atoms with Crippen molar-refractivity contribution in [3.05, 3.63) is 24.4 Å². The van der Waals surface area contributed by atoms with E-state index in [1.54, 1.807) is 17.5 Å². The van der Waals surface area contributed by atoms with Crippen molar-refractivity contribution in [1.82, 2.24) is 9.29 Å². The average Bonchev–Trinajstić information content (AvgIpc) is 3.01. The van der Waals surface area contributed by atoms with Crippen LogP contribution in [0.1, 0.15) is 59.3 Å². The Labute approximate surface area is 173 Å². The Kier molecular flexibility index (Phi) is 6.24. The number of H-pyrrole nitrogens is 1. The minimum Gasteiger partial charge on any atom is -0.359 e. The summed E-state index contributed by atoms with van der Waals surface area (Å²) in [5.74, 6) is -0.0231. The van der Waals surface area contributed by atoms with Gasteiger partial charge in [0.05, 0.1) is 5.69 Å². The summed E-state index contributed by atoms with van der Waals surface area (Å²) in [6.45, 7) is 6.09. The van der Waals surface area contributed by atoms with Gasteiger partial charge < -0.3 is 10.3 Å². The Hall–Kier alpha value is -2.06. The van der Waals surface area contributed by atoms with Gasteiger partial charge in [-0.15, -0.1) is 0 Å². The van der Waals surface area contributed by atoms with E-state index in [2.05, 4.69) is 15.0 Å². The normalized spacial score (nSPS) is 18.0. The first-order chi connectivity index (χ1) is 13.5.